The topological polar surface area (TPSA) is 35.6 Å². The molecular formula is C14H31Cl2N3OS. The Labute approximate surface area is 146 Å². The van der Waals surface area contributed by atoms with E-state index in [4.69, 9.17) is 0 Å². The highest BCUT2D eigenvalue weighted by atomic mass is 35.5. The molecule has 0 bridgehead atoms. The highest BCUT2D eigenvalue weighted by Gasteiger charge is 2.25. The minimum atomic E-state index is 0. The lowest BCUT2D eigenvalue weighted by Gasteiger charge is -2.19. The molecule has 0 aromatic carbocycles. The summed E-state index contributed by atoms with van der Waals surface area (Å²) in [6.07, 6.45) is 1.15. The van der Waals surface area contributed by atoms with Crippen LogP contribution in [0.25, 0.3) is 0 Å². The SMILES string of the molecule is CCN(CC)CCSCC(=O)N1CCC(CNC)C1.Cl.Cl. The molecule has 128 valence electrons. The fourth-order valence-electron chi connectivity index (χ4n) is 2.50. The van der Waals surface area contributed by atoms with Gasteiger partial charge >= 0.3 is 0 Å². The molecule has 1 atom stereocenters. The lowest BCUT2D eigenvalue weighted by Crippen LogP contribution is -2.32. The van der Waals surface area contributed by atoms with Gasteiger partial charge in [0.05, 0.1) is 5.75 Å². The fraction of sp³-hybridized carbons (Fsp3) is 0.929. The Morgan fingerprint density at radius 3 is 2.57 bits per heavy atom. The number of halogens is 2. The van der Waals surface area contributed by atoms with Gasteiger partial charge in [0.15, 0.2) is 0 Å². The van der Waals surface area contributed by atoms with E-state index in [1.807, 2.05) is 11.9 Å². The first kappa shape index (κ1) is 23.6. The molecule has 0 aromatic rings. The van der Waals surface area contributed by atoms with Crippen molar-refractivity contribution in [2.24, 2.45) is 5.92 Å². The molecule has 1 heterocycles. The van der Waals surface area contributed by atoms with Crippen molar-refractivity contribution in [1.82, 2.24) is 15.1 Å². The Kier molecular flexibility index (Phi) is 15.7. The molecule has 1 unspecified atom stereocenters. The summed E-state index contributed by atoms with van der Waals surface area (Å²) in [5.74, 6) is 2.67. The number of hydrogen-bond donors (Lipinski definition) is 1. The molecular weight excluding hydrogens is 329 g/mol. The summed E-state index contributed by atoms with van der Waals surface area (Å²) in [7, 11) is 1.98. The first-order valence-corrected chi connectivity index (χ1v) is 8.59. The van der Waals surface area contributed by atoms with E-state index >= 15 is 0 Å². The summed E-state index contributed by atoms with van der Waals surface area (Å²) in [4.78, 5) is 16.5. The van der Waals surface area contributed by atoms with E-state index in [1.165, 1.54) is 0 Å². The minimum absolute atomic E-state index is 0. The van der Waals surface area contributed by atoms with Crippen LogP contribution in [0.15, 0.2) is 0 Å². The van der Waals surface area contributed by atoms with Crippen molar-refractivity contribution >= 4 is 42.5 Å². The van der Waals surface area contributed by atoms with Gasteiger partial charge < -0.3 is 15.1 Å². The second-order valence-electron chi connectivity index (χ2n) is 5.13. The van der Waals surface area contributed by atoms with E-state index in [2.05, 4.69) is 24.1 Å². The lowest BCUT2D eigenvalue weighted by molar-refractivity contribution is -0.127. The molecule has 7 heteroatoms. The van der Waals surface area contributed by atoms with Crippen molar-refractivity contribution in [1.29, 1.82) is 0 Å². The Balaban J connectivity index is 0. The highest BCUT2D eigenvalue weighted by molar-refractivity contribution is 7.99. The van der Waals surface area contributed by atoms with Crippen molar-refractivity contribution in [3.8, 4) is 0 Å². The Morgan fingerprint density at radius 1 is 1.33 bits per heavy atom. The van der Waals surface area contributed by atoms with Crippen LogP contribution in [-0.4, -0.2) is 73.5 Å². The average Bonchev–Trinajstić information content (AvgIpc) is 2.88. The molecule has 1 amide bonds. The number of nitrogens with zero attached hydrogens (tertiary/aromatic N) is 2. The summed E-state index contributed by atoms with van der Waals surface area (Å²) in [5.41, 5.74) is 0. The van der Waals surface area contributed by atoms with Crippen LogP contribution < -0.4 is 5.32 Å². The first-order chi connectivity index (χ1) is 9.21. The van der Waals surface area contributed by atoms with Gasteiger partial charge in [-0.25, -0.2) is 0 Å². The van der Waals surface area contributed by atoms with Crippen molar-refractivity contribution in [2.45, 2.75) is 20.3 Å². The molecule has 0 saturated carbocycles. The van der Waals surface area contributed by atoms with Gasteiger partial charge in [0, 0.05) is 25.4 Å². The van der Waals surface area contributed by atoms with Crippen LogP contribution in [0.2, 0.25) is 0 Å². The molecule has 21 heavy (non-hydrogen) atoms. The van der Waals surface area contributed by atoms with E-state index in [1.54, 1.807) is 11.8 Å². The van der Waals surface area contributed by atoms with Crippen molar-refractivity contribution < 1.29 is 4.79 Å². The molecule has 1 saturated heterocycles. The smallest absolute Gasteiger partial charge is 0.232 e. The van der Waals surface area contributed by atoms with Crippen molar-refractivity contribution in [3.05, 3.63) is 0 Å². The Hall–Kier alpha value is 0.320. The third kappa shape index (κ3) is 9.14. The third-order valence-corrected chi connectivity index (χ3v) is 4.73. The average molecular weight is 360 g/mol. The molecule has 0 spiro atoms. The molecule has 1 fully saturated rings. The van der Waals surface area contributed by atoms with E-state index in [-0.39, 0.29) is 24.8 Å². The molecule has 0 aliphatic carbocycles. The van der Waals surface area contributed by atoms with Gasteiger partial charge in [-0.1, -0.05) is 13.8 Å². The van der Waals surface area contributed by atoms with Crippen LogP contribution in [0.1, 0.15) is 20.3 Å². The molecule has 4 nitrogen and oxygen atoms in total. The monoisotopic (exact) mass is 359 g/mol. The quantitative estimate of drug-likeness (QED) is 0.638. The van der Waals surface area contributed by atoms with Crippen LogP contribution in [0.4, 0.5) is 0 Å². The van der Waals surface area contributed by atoms with Crippen molar-refractivity contribution in [2.75, 3.05) is 57.8 Å². The number of amides is 1. The Morgan fingerprint density at radius 2 is 2.00 bits per heavy atom. The normalized spacial score (nSPS) is 17.5. The van der Waals surface area contributed by atoms with Gasteiger partial charge in [0.25, 0.3) is 0 Å². The lowest BCUT2D eigenvalue weighted by atomic mass is 10.1. The van der Waals surface area contributed by atoms with E-state index in [0.29, 0.717) is 17.6 Å². The maximum atomic E-state index is 12.0. The number of hydrogen-bond acceptors (Lipinski definition) is 4. The second kappa shape index (κ2) is 13.9. The van der Waals surface area contributed by atoms with E-state index < -0.39 is 0 Å². The van der Waals surface area contributed by atoms with Crippen LogP contribution in [0.3, 0.4) is 0 Å². The third-order valence-electron chi connectivity index (χ3n) is 3.80. The Bertz CT molecular complexity index is 269. The number of nitrogens with one attached hydrogen (secondary N) is 1. The predicted octanol–water partition coefficient (Wildman–Crippen LogP) is 1.97. The van der Waals surface area contributed by atoms with Gasteiger partial charge in [0.2, 0.25) is 5.91 Å². The standard InChI is InChI=1S/C14H29N3OS.2ClH/c1-4-16(5-2)8-9-19-12-14(18)17-7-6-13(11-17)10-15-3;;/h13,15H,4-12H2,1-3H3;2*1H. The first-order valence-electron chi connectivity index (χ1n) is 7.43. The fourth-order valence-corrected chi connectivity index (χ4v) is 3.39. The maximum Gasteiger partial charge on any atom is 0.232 e. The number of rotatable bonds is 9. The van der Waals surface area contributed by atoms with Gasteiger partial charge in [-0.15, -0.1) is 24.8 Å². The molecule has 1 rings (SSSR count). The summed E-state index contributed by atoms with van der Waals surface area (Å²) in [5, 5.41) is 3.20. The second-order valence-corrected chi connectivity index (χ2v) is 6.24. The predicted molar refractivity (Wildman–Crippen MR) is 98.2 cm³/mol. The molecule has 0 aromatic heterocycles. The van der Waals surface area contributed by atoms with Gasteiger partial charge in [-0.3, -0.25) is 4.79 Å². The molecule has 1 aliphatic rings. The van der Waals surface area contributed by atoms with Crippen LogP contribution in [-0.2, 0) is 4.79 Å². The number of carbonyl (C=O) groups is 1. The highest BCUT2D eigenvalue weighted by Crippen LogP contribution is 2.16. The molecule has 1 N–H and O–H groups in total. The zero-order valence-corrected chi connectivity index (χ0v) is 15.9. The van der Waals surface area contributed by atoms with Crippen LogP contribution in [0.5, 0.6) is 0 Å². The maximum absolute atomic E-state index is 12.0. The minimum Gasteiger partial charge on any atom is -0.342 e. The molecule has 0 radical (unpaired) electrons. The zero-order valence-electron chi connectivity index (χ0n) is 13.5. The summed E-state index contributed by atoms with van der Waals surface area (Å²) in [6, 6.07) is 0. The number of likely N-dealkylation sites (tertiary alicyclic amines) is 1. The van der Waals surface area contributed by atoms with Gasteiger partial charge in [-0.05, 0) is 39.0 Å². The van der Waals surface area contributed by atoms with E-state index in [9.17, 15) is 4.79 Å². The van der Waals surface area contributed by atoms with Crippen LogP contribution >= 0.6 is 36.6 Å². The summed E-state index contributed by atoms with van der Waals surface area (Å²) < 4.78 is 0. The van der Waals surface area contributed by atoms with Gasteiger partial charge in [-0.2, -0.15) is 11.8 Å². The van der Waals surface area contributed by atoms with E-state index in [0.717, 1.165) is 51.4 Å². The summed E-state index contributed by atoms with van der Waals surface area (Å²) >= 11 is 1.77. The number of carbonyl (C=O) groups excluding carboxylic acids is 1. The summed E-state index contributed by atoms with van der Waals surface area (Å²) in [6.45, 7) is 10.6. The molecule has 1 aliphatic heterocycles. The zero-order chi connectivity index (χ0) is 14.1. The number of thioether (sulfide) groups is 1. The van der Waals surface area contributed by atoms with Gasteiger partial charge in [0.1, 0.15) is 0 Å². The van der Waals surface area contributed by atoms with Crippen LogP contribution in [0, 0.1) is 5.92 Å². The van der Waals surface area contributed by atoms with Crippen molar-refractivity contribution in [3.63, 3.8) is 0 Å². The largest absolute Gasteiger partial charge is 0.342 e.